The van der Waals surface area contributed by atoms with Gasteiger partial charge in [-0.2, -0.15) is 0 Å². The number of halogens is 1. The van der Waals surface area contributed by atoms with E-state index in [-0.39, 0.29) is 17.1 Å². The lowest BCUT2D eigenvalue weighted by Crippen LogP contribution is -2.11. The highest BCUT2D eigenvalue weighted by molar-refractivity contribution is 6.13. The molecule has 0 amide bonds. The van der Waals surface area contributed by atoms with Crippen LogP contribution in [0.2, 0.25) is 0 Å². The van der Waals surface area contributed by atoms with Gasteiger partial charge in [0.05, 0.1) is 25.4 Å². The number of methoxy groups -OCH3 is 1. The number of carbonyl (C=O) groups is 2. The van der Waals surface area contributed by atoms with Crippen molar-refractivity contribution in [3.05, 3.63) is 53.7 Å². The van der Waals surface area contributed by atoms with E-state index in [1.807, 2.05) is 0 Å². The normalized spacial score (nSPS) is 10.2. The first-order valence-electron chi connectivity index (χ1n) is 5.56. The van der Waals surface area contributed by atoms with Crippen molar-refractivity contribution >= 4 is 11.6 Å². The highest BCUT2D eigenvalue weighted by Crippen LogP contribution is 2.23. The maximum atomic E-state index is 13.6. The summed E-state index contributed by atoms with van der Waals surface area (Å²) in [5.41, 5.74) is -0.218. The number of benzene rings is 1. The van der Waals surface area contributed by atoms with Gasteiger partial charge in [0.1, 0.15) is 11.6 Å². The molecule has 2 rings (SSSR count). The van der Waals surface area contributed by atoms with Crippen molar-refractivity contribution in [2.75, 3.05) is 7.11 Å². The van der Waals surface area contributed by atoms with Gasteiger partial charge in [-0.15, -0.1) is 0 Å². The predicted octanol–water partition coefficient (Wildman–Crippen LogP) is 2.88. The molecule has 4 nitrogen and oxygen atoms in total. The first-order valence-corrected chi connectivity index (χ1v) is 5.56. The Bertz CT molecular complexity index is 602. The van der Waals surface area contributed by atoms with Crippen LogP contribution in [-0.2, 0) is 0 Å². The van der Waals surface area contributed by atoms with Gasteiger partial charge in [0.2, 0.25) is 5.78 Å². The zero-order valence-electron chi connectivity index (χ0n) is 10.2. The molecule has 2 aromatic rings. The van der Waals surface area contributed by atoms with Crippen LogP contribution in [0.25, 0.3) is 0 Å². The van der Waals surface area contributed by atoms with E-state index < -0.39 is 23.8 Å². The van der Waals surface area contributed by atoms with E-state index in [1.165, 1.54) is 31.6 Å². The molecule has 98 valence electrons. The van der Waals surface area contributed by atoms with E-state index in [2.05, 4.69) is 0 Å². The lowest BCUT2D eigenvalue weighted by molar-refractivity contribution is 0.0875. The first-order chi connectivity index (χ1) is 9.13. The molecular weight excluding hydrogens is 251 g/mol. The topological polar surface area (TPSA) is 56.5 Å². The van der Waals surface area contributed by atoms with Gasteiger partial charge in [-0.1, -0.05) is 6.07 Å². The molecular formula is C14H11FO4. The van der Waals surface area contributed by atoms with Crippen LogP contribution in [0.3, 0.4) is 0 Å². The van der Waals surface area contributed by atoms with Gasteiger partial charge in [-0.25, -0.2) is 4.39 Å². The lowest BCUT2D eigenvalue weighted by Gasteiger charge is -2.07. The standard InChI is InChI=1S/C14H11FO4/c1-18-13-5-2-4-9(15)14(13)11(17)8-10(16)12-6-3-7-19-12/h2-7H,8H2,1H3. The molecule has 0 bridgehead atoms. The fraction of sp³-hybridized carbons (Fsp3) is 0.143. The van der Waals surface area contributed by atoms with Gasteiger partial charge in [-0.05, 0) is 24.3 Å². The van der Waals surface area contributed by atoms with E-state index in [0.29, 0.717) is 0 Å². The number of hydrogen-bond donors (Lipinski definition) is 0. The highest BCUT2D eigenvalue weighted by Gasteiger charge is 2.21. The third kappa shape index (κ3) is 2.70. The molecule has 5 heteroatoms. The number of carbonyl (C=O) groups excluding carboxylic acids is 2. The van der Waals surface area contributed by atoms with Crippen LogP contribution >= 0.6 is 0 Å². The zero-order valence-corrected chi connectivity index (χ0v) is 10.2. The van der Waals surface area contributed by atoms with Crippen molar-refractivity contribution in [1.29, 1.82) is 0 Å². The summed E-state index contributed by atoms with van der Waals surface area (Å²) in [6.07, 6.45) is 0.867. The highest BCUT2D eigenvalue weighted by atomic mass is 19.1. The Labute approximate surface area is 108 Å². The van der Waals surface area contributed by atoms with Crippen molar-refractivity contribution < 1.29 is 23.1 Å². The van der Waals surface area contributed by atoms with Gasteiger partial charge in [0.25, 0.3) is 0 Å². The molecule has 19 heavy (non-hydrogen) atoms. The number of ketones is 2. The fourth-order valence-corrected chi connectivity index (χ4v) is 1.70. The maximum absolute atomic E-state index is 13.6. The molecule has 0 unspecified atom stereocenters. The largest absolute Gasteiger partial charge is 0.496 e. The summed E-state index contributed by atoms with van der Waals surface area (Å²) in [7, 11) is 1.33. The smallest absolute Gasteiger partial charge is 0.205 e. The molecule has 0 N–H and O–H groups in total. The second-order valence-corrected chi connectivity index (χ2v) is 3.82. The van der Waals surface area contributed by atoms with Crippen LogP contribution in [-0.4, -0.2) is 18.7 Å². The Balaban J connectivity index is 2.23. The number of Topliss-reactive ketones (excluding diaryl/α,β-unsaturated/α-hetero) is 2. The molecule has 0 fully saturated rings. The minimum atomic E-state index is -0.711. The van der Waals surface area contributed by atoms with Gasteiger partial charge in [-0.3, -0.25) is 9.59 Å². The molecule has 1 aromatic heterocycles. The molecule has 0 aliphatic heterocycles. The monoisotopic (exact) mass is 262 g/mol. The molecule has 1 heterocycles. The predicted molar refractivity (Wildman–Crippen MR) is 64.9 cm³/mol. The first kappa shape index (κ1) is 13.0. The Morgan fingerprint density at radius 3 is 2.63 bits per heavy atom. The molecule has 0 spiro atoms. The summed E-state index contributed by atoms with van der Waals surface area (Å²) in [4.78, 5) is 23.7. The van der Waals surface area contributed by atoms with Crippen LogP contribution in [0, 0.1) is 5.82 Å². The van der Waals surface area contributed by atoms with Crippen molar-refractivity contribution in [3.8, 4) is 5.75 Å². The number of furan rings is 1. The van der Waals surface area contributed by atoms with E-state index in [0.717, 1.165) is 6.07 Å². The number of hydrogen-bond acceptors (Lipinski definition) is 4. The van der Waals surface area contributed by atoms with Crippen molar-refractivity contribution in [3.63, 3.8) is 0 Å². The molecule has 0 saturated carbocycles. The summed E-state index contributed by atoms with van der Waals surface area (Å²) < 4.78 is 23.5. The SMILES string of the molecule is COc1cccc(F)c1C(=O)CC(=O)c1ccco1. The molecule has 0 aliphatic carbocycles. The molecule has 0 aliphatic rings. The van der Waals surface area contributed by atoms with Crippen LogP contribution in [0.15, 0.2) is 41.0 Å². The van der Waals surface area contributed by atoms with E-state index in [4.69, 9.17) is 9.15 Å². The van der Waals surface area contributed by atoms with Gasteiger partial charge in [0.15, 0.2) is 11.5 Å². The zero-order chi connectivity index (χ0) is 13.8. The van der Waals surface area contributed by atoms with Crippen LogP contribution in [0.4, 0.5) is 4.39 Å². The molecule has 0 saturated heterocycles. The molecule has 1 aromatic carbocycles. The maximum Gasteiger partial charge on any atom is 0.205 e. The summed E-state index contributed by atoms with van der Waals surface area (Å²) in [6, 6.07) is 7.04. The summed E-state index contributed by atoms with van der Waals surface area (Å²) in [5, 5.41) is 0. The average Bonchev–Trinajstić information content (AvgIpc) is 2.92. The Hall–Kier alpha value is -2.43. The van der Waals surface area contributed by atoms with Crippen LogP contribution in [0.1, 0.15) is 27.3 Å². The Morgan fingerprint density at radius 2 is 2.00 bits per heavy atom. The lowest BCUT2D eigenvalue weighted by atomic mass is 10.0. The van der Waals surface area contributed by atoms with E-state index >= 15 is 0 Å². The van der Waals surface area contributed by atoms with Gasteiger partial charge >= 0.3 is 0 Å². The fourth-order valence-electron chi connectivity index (χ4n) is 1.70. The third-order valence-corrected chi connectivity index (χ3v) is 2.59. The van der Waals surface area contributed by atoms with Crippen LogP contribution in [0.5, 0.6) is 5.75 Å². The van der Waals surface area contributed by atoms with Crippen molar-refractivity contribution in [1.82, 2.24) is 0 Å². The average molecular weight is 262 g/mol. The molecule has 0 radical (unpaired) electrons. The second-order valence-electron chi connectivity index (χ2n) is 3.82. The minimum Gasteiger partial charge on any atom is -0.496 e. The number of rotatable bonds is 5. The van der Waals surface area contributed by atoms with Crippen molar-refractivity contribution in [2.24, 2.45) is 0 Å². The van der Waals surface area contributed by atoms with Gasteiger partial charge < -0.3 is 9.15 Å². The Morgan fingerprint density at radius 1 is 1.21 bits per heavy atom. The second kappa shape index (κ2) is 5.48. The quantitative estimate of drug-likeness (QED) is 0.614. The minimum absolute atomic E-state index is 0.0728. The van der Waals surface area contributed by atoms with E-state index in [9.17, 15) is 14.0 Å². The van der Waals surface area contributed by atoms with E-state index in [1.54, 1.807) is 6.07 Å². The van der Waals surface area contributed by atoms with Crippen LogP contribution < -0.4 is 4.74 Å². The van der Waals surface area contributed by atoms with Gasteiger partial charge in [0, 0.05) is 0 Å². The summed E-state index contributed by atoms with van der Waals surface area (Å²) in [5.74, 6) is -1.67. The number of ether oxygens (including phenoxy) is 1. The summed E-state index contributed by atoms with van der Waals surface area (Å²) in [6.45, 7) is 0. The molecule has 0 atom stereocenters. The van der Waals surface area contributed by atoms with Crippen molar-refractivity contribution in [2.45, 2.75) is 6.42 Å². The Kier molecular flexibility index (Phi) is 3.75. The third-order valence-electron chi connectivity index (χ3n) is 2.59. The summed E-state index contributed by atoms with van der Waals surface area (Å²) >= 11 is 0.